The summed E-state index contributed by atoms with van der Waals surface area (Å²) in [5, 5.41) is 3.66. The average Bonchev–Trinajstić information content (AvgIpc) is 3.92. The van der Waals surface area contributed by atoms with Crippen LogP contribution in [0.3, 0.4) is 0 Å². The quantitative estimate of drug-likeness (QED) is 0.120. The van der Waals surface area contributed by atoms with Crippen LogP contribution in [-0.4, -0.2) is 27.2 Å². The van der Waals surface area contributed by atoms with Crippen LogP contribution in [-0.2, 0) is 0 Å². The van der Waals surface area contributed by atoms with Gasteiger partial charge in [0, 0.05) is 33.2 Å². The molecule has 0 N–H and O–H groups in total. The van der Waals surface area contributed by atoms with Crippen LogP contribution in [0.25, 0.3) is 66.6 Å². The van der Waals surface area contributed by atoms with Gasteiger partial charge in [0.2, 0.25) is 5.95 Å². The fourth-order valence-electron chi connectivity index (χ4n) is 8.12. The first kappa shape index (κ1) is 22.3. The summed E-state index contributed by atoms with van der Waals surface area (Å²) in [6.45, 7) is 0. The third-order valence-electron chi connectivity index (χ3n) is 10.5. The molecule has 0 saturated carbocycles. The van der Waals surface area contributed by atoms with E-state index >= 15 is 0 Å². The minimum Gasteiger partial charge on any atom is -0.294 e. The summed E-state index contributed by atoms with van der Waals surface area (Å²) in [5.41, 5.74) is 0.0469. The molecule has 3 heterocycles. The Morgan fingerprint density at radius 2 is 0.877 bits per heavy atom. The van der Waals surface area contributed by atoms with Crippen molar-refractivity contribution in [3.63, 3.8) is 0 Å². The van der Waals surface area contributed by atoms with E-state index in [1.807, 2.05) is 91.0 Å². The number of hydrogen-bond donors (Lipinski definition) is 0. The number of rotatable bonds is 7. The standard InChI is InChI=1S/C52H36N4Si/c1-4-20-38(21-5-1)57(39-22-6-2-7-23-39,40-24-8-3-9-25-40)41-26-18-19-37(35-41)46-36-51(55-47-31-14-10-27-42(47)43-28-11-15-32-48(43)55)54-52(53-46)56-49-33-16-12-29-44(49)45-30-13-17-34-50(45)56/h1-36H/i10D,12D,14D,16D,18D,19D,26D,27D,29D,31D,33D,35D,36D. The van der Waals surface area contributed by atoms with Gasteiger partial charge < -0.3 is 0 Å². The predicted octanol–water partition coefficient (Wildman–Crippen LogP) is 9.72. The van der Waals surface area contributed by atoms with Crippen molar-refractivity contribution < 1.29 is 17.8 Å². The Kier molecular flexibility index (Phi) is 5.25. The van der Waals surface area contributed by atoms with E-state index in [4.69, 9.17) is 18.2 Å². The highest BCUT2D eigenvalue weighted by molar-refractivity contribution is 7.19. The van der Waals surface area contributed by atoms with Gasteiger partial charge in [-0.25, -0.2) is 4.98 Å². The molecule has 0 spiro atoms. The summed E-state index contributed by atoms with van der Waals surface area (Å²) in [6, 6.07) is 36.4. The second-order valence-electron chi connectivity index (χ2n) is 13.6. The maximum Gasteiger partial charge on any atom is 0.237 e. The number of aromatic nitrogens is 4. The van der Waals surface area contributed by atoms with Gasteiger partial charge in [0.25, 0.3) is 0 Å². The van der Waals surface area contributed by atoms with Crippen molar-refractivity contribution in [2.24, 2.45) is 0 Å². The Morgan fingerprint density at radius 3 is 1.46 bits per heavy atom. The molecule has 268 valence electrons. The normalized spacial score (nSPS) is 15.1. The van der Waals surface area contributed by atoms with Crippen molar-refractivity contribution in [3.8, 4) is 23.0 Å². The van der Waals surface area contributed by atoms with E-state index in [0.717, 1.165) is 15.6 Å². The summed E-state index contributed by atoms with van der Waals surface area (Å²) >= 11 is 0. The molecular formula is C52H36N4Si. The average molecular weight is 758 g/mol. The van der Waals surface area contributed by atoms with E-state index in [1.165, 1.54) is 9.13 Å². The van der Waals surface area contributed by atoms with E-state index in [9.17, 15) is 9.60 Å². The zero-order valence-electron chi connectivity index (χ0n) is 43.1. The number of para-hydroxylation sites is 4. The van der Waals surface area contributed by atoms with Crippen LogP contribution in [0.15, 0.2) is 218 Å². The minimum absolute atomic E-state index is 0.00445. The van der Waals surface area contributed by atoms with Crippen molar-refractivity contribution in [3.05, 3.63) is 218 Å². The molecule has 57 heavy (non-hydrogen) atoms. The highest BCUT2D eigenvalue weighted by Gasteiger charge is 2.41. The van der Waals surface area contributed by atoms with Gasteiger partial charge in [-0.3, -0.25) is 9.13 Å². The third kappa shape index (κ3) is 5.20. The lowest BCUT2D eigenvalue weighted by molar-refractivity contribution is 0.952. The zero-order valence-corrected chi connectivity index (χ0v) is 31.1. The van der Waals surface area contributed by atoms with Crippen molar-refractivity contribution >= 4 is 72.4 Å². The van der Waals surface area contributed by atoms with E-state index in [0.29, 0.717) is 21.8 Å². The maximum atomic E-state index is 10.5. The molecule has 0 aliphatic rings. The minimum atomic E-state index is -3.82. The van der Waals surface area contributed by atoms with Crippen LogP contribution in [0.4, 0.5) is 0 Å². The largest absolute Gasteiger partial charge is 0.294 e. The molecular weight excluding hydrogens is 709 g/mol. The summed E-state index contributed by atoms with van der Waals surface area (Å²) in [7, 11) is -3.82. The van der Waals surface area contributed by atoms with Crippen LogP contribution < -0.4 is 20.7 Å². The number of hydrogen-bond acceptors (Lipinski definition) is 2. The van der Waals surface area contributed by atoms with Gasteiger partial charge in [-0.15, -0.1) is 0 Å². The van der Waals surface area contributed by atoms with Crippen LogP contribution in [0, 0.1) is 0 Å². The van der Waals surface area contributed by atoms with Gasteiger partial charge in [-0.05, 0) is 45.0 Å². The molecule has 0 radical (unpaired) electrons. The van der Waals surface area contributed by atoms with Gasteiger partial charge in [0.1, 0.15) is 5.82 Å². The van der Waals surface area contributed by atoms with Crippen LogP contribution in [0.5, 0.6) is 0 Å². The second kappa shape index (κ2) is 13.4. The maximum absolute atomic E-state index is 10.5. The van der Waals surface area contributed by atoms with Crippen molar-refractivity contribution in [1.29, 1.82) is 0 Å². The lowest BCUT2D eigenvalue weighted by Crippen LogP contribution is -2.74. The molecule has 0 aliphatic heterocycles. The Bertz CT molecular complexity index is 3900. The Balaban J connectivity index is 1.36. The van der Waals surface area contributed by atoms with E-state index in [1.54, 1.807) is 48.5 Å². The molecule has 0 aliphatic carbocycles. The fraction of sp³-hybridized carbons (Fsp3) is 0. The van der Waals surface area contributed by atoms with Crippen molar-refractivity contribution in [2.45, 2.75) is 0 Å². The molecule has 0 bridgehead atoms. The topological polar surface area (TPSA) is 35.6 Å². The molecule has 4 nitrogen and oxygen atoms in total. The molecule has 0 saturated heterocycles. The van der Waals surface area contributed by atoms with Crippen LogP contribution in [0.2, 0.25) is 0 Å². The van der Waals surface area contributed by atoms with Gasteiger partial charge in [0.15, 0.2) is 8.07 Å². The highest BCUT2D eigenvalue weighted by Crippen LogP contribution is 2.35. The summed E-state index contributed by atoms with van der Waals surface area (Å²) < 4.78 is 124. The number of fused-ring (bicyclic) bond motifs is 6. The SMILES string of the molecule is [2H]c1c(-c2c([2H])c([2H])c([2H])c([Si](c3ccccc3)(c3ccccc3)c3ccccc3)c2[2H])nc(-n2c3ccccc3c3c([2H])c([2H])c([2H])c([2H])c32)nc1-n1c2ccccc2c2c([2H])c([2H])c([2H])c([2H])c21. The summed E-state index contributed by atoms with van der Waals surface area (Å²) in [6.07, 6.45) is 0. The lowest BCUT2D eigenvalue weighted by Gasteiger charge is -2.34. The first-order valence-corrected chi connectivity index (χ1v) is 20.4. The molecule has 8 aromatic carbocycles. The first-order valence-electron chi connectivity index (χ1n) is 24.9. The molecule has 0 unspecified atom stereocenters. The summed E-state index contributed by atoms with van der Waals surface area (Å²) in [5.74, 6) is -0.508. The fourth-order valence-corrected chi connectivity index (χ4v) is 12.6. The molecule has 0 fully saturated rings. The number of nitrogens with zero attached hydrogens (tertiary/aromatic N) is 4. The molecule has 11 aromatic rings. The smallest absolute Gasteiger partial charge is 0.237 e. The van der Waals surface area contributed by atoms with Gasteiger partial charge in [-0.2, -0.15) is 4.98 Å². The highest BCUT2D eigenvalue weighted by atomic mass is 28.3. The van der Waals surface area contributed by atoms with Crippen LogP contribution >= 0.6 is 0 Å². The zero-order chi connectivity index (χ0) is 49.1. The van der Waals surface area contributed by atoms with Gasteiger partial charge in [-0.1, -0.05) is 188 Å². The molecule has 5 heteroatoms. The van der Waals surface area contributed by atoms with Gasteiger partial charge >= 0.3 is 0 Å². The first-order chi connectivity index (χ1) is 33.7. The molecule has 0 atom stereocenters. The van der Waals surface area contributed by atoms with E-state index in [-0.39, 0.29) is 74.2 Å². The number of benzene rings is 8. The Labute approximate surface area is 349 Å². The van der Waals surface area contributed by atoms with Crippen LogP contribution in [0.1, 0.15) is 17.8 Å². The monoisotopic (exact) mass is 757 g/mol. The van der Waals surface area contributed by atoms with Crippen molar-refractivity contribution in [2.75, 3.05) is 0 Å². The molecule has 3 aromatic heterocycles. The summed E-state index contributed by atoms with van der Waals surface area (Å²) in [4.78, 5) is 10.0. The van der Waals surface area contributed by atoms with Gasteiger partial charge in [0.05, 0.1) is 45.6 Å². The van der Waals surface area contributed by atoms with E-state index < -0.39 is 62.5 Å². The van der Waals surface area contributed by atoms with E-state index in [2.05, 4.69) is 0 Å². The Morgan fingerprint density at radius 1 is 0.386 bits per heavy atom. The second-order valence-corrected chi connectivity index (χ2v) is 17.3. The van der Waals surface area contributed by atoms with Crippen molar-refractivity contribution in [1.82, 2.24) is 19.1 Å². The third-order valence-corrected chi connectivity index (χ3v) is 15.1. The lowest BCUT2D eigenvalue weighted by atomic mass is 10.1. The molecule has 0 amide bonds. The molecule has 11 rings (SSSR count). The Hall–Kier alpha value is -7.34. The predicted molar refractivity (Wildman–Crippen MR) is 240 cm³/mol.